The van der Waals surface area contributed by atoms with Crippen LogP contribution >= 0.6 is 0 Å². The maximum absolute atomic E-state index is 10.7. The zero-order chi connectivity index (χ0) is 14.7. The molecule has 0 amide bonds. The highest BCUT2D eigenvalue weighted by Crippen LogP contribution is 2.21. The molecular weight excluding hydrogens is 256 g/mol. The molecule has 6 nitrogen and oxygen atoms in total. The highest BCUT2D eigenvalue weighted by atomic mass is 16.6. The van der Waals surface area contributed by atoms with Crippen LogP contribution in [-0.2, 0) is 0 Å². The first-order valence-electron chi connectivity index (χ1n) is 6.42. The smallest absolute Gasteiger partial charge is 0.270 e. The monoisotopic (exact) mass is 274 g/mol. The van der Waals surface area contributed by atoms with Crippen molar-refractivity contribution < 1.29 is 4.92 Å². The molecule has 1 aromatic heterocycles. The van der Waals surface area contributed by atoms with Gasteiger partial charge in [-0.3, -0.25) is 10.1 Å². The average Bonchev–Trinajstić information content (AvgIpc) is 2.36. The zero-order valence-electron chi connectivity index (χ0n) is 11.8. The van der Waals surface area contributed by atoms with E-state index in [1.807, 2.05) is 26.2 Å². The molecule has 0 radical (unpaired) electrons. The van der Waals surface area contributed by atoms with Crippen LogP contribution < -0.4 is 5.32 Å². The van der Waals surface area contributed by atoms with E-state index in [4.69, 9.17) is 0 Å². The van der Waals surface area contributed by atoms with E-state index >= 15 is 0 Å². The van der Waals surface area contributed by atoms with E-state index in [0.717, 1.165) is 23.3 Å². The molecule has 2 aromatic rings. The largest absolute Gasteiger partial charge is 0.366 e. The number of pyridine rings is 1. The summed E-state index contributed by atoms with van der Waals surface area (Å²) in [6, 6.07) is 8.65. The van der Waals surface area contributed by atoms with E-state index in [-0.39, 0.29) is 11.7 Å². The van der Waals surface area contributed by atoms with Gasteiger partial charge in [0.05, 0.1) is 10.4 Å². The van der Waals surface area contributed by atoms with Gasteiger partial charge in [-0.25, -0.2) is 4.98 Å². The second-order valence-corrected chi connectivity index (χ2v) is 5.14. The van der Waals surface area contributed by atoms with Crippen molar-refractivity contribution in [3.05, 3.63) is 40.4 Å². The fourth-order valence-electron chi connectivity index (χ4n) is 2.15. The molecule has 1 atom stereocenters. The first-order valence-corrected chi connectivity index (χ1v) is 6.42. The van der Waals surface area contributed by atoms with Gasteiger partial charge in [0, 0.05) is 30.1 Å². The minimum Gasteiger partial charge on any atom is -0.366 e. The van der Waals surface area contributed by atoms with Gasteiger partial charge in [0.25, 0.3) is 5.69 Å². The van der Waals surface area contributed by atoms with E-state index in [2.05, 4.69) is 22.1 Å². The third-order valence-corrected chi connectivity index (χ3v) is 2.92. The normalized spacial score (nSPS) is 12.6. The number of likely N-dealkylation sites (N-methyl/N-ethyl adjacent to an activating group) is 1. The lowest BCUT2D eigenvalue weighted by atomic mass is 10.2. The molecule has 1 heterocycles. The molecular formula is C14H18N4O2. The van der Waals surface area contributed by atoms with Gasteiger partial charge in [-0.1, -0.05) is 0 Å². The van der Waals surface area contributed by atoms with Gasteiger partial charge in [0.1, 0.15) is 5.82 Å². The van der Waals surface area contributed by atoms with E-state index < -0.39 is 4.92 Å². The average molecular weight is 274 g/mol. The Balaban J connectivity index is 2.21. The molecule has 0 fully saturated rings. The van der Waals surface area contributed by atoms with Gasteiger partial charge < -0.3 is 10.2 Å². The Morgan fingerprint density at radius 3 is 2.75 bits per heavy atom. The van der Waals surface area contributed by atoms with E-state index in [1.54, 1.807) is 6.07 Å². The van der Waals surface area contributed by atoms with Gasteiger partial charge in [-0.15, -0.1) is 0 Å². The number of hydrogen-bond donors (Lipinski definition) is 1. The number of rotatable bonds is 5. The summed E-state index contributed by atoms with van der Waals surface area (Å²) in [6.45, 7) is 2.99. The summed E-state index contributed by atoms with van der Waals surface area (Å²) in [5, 5.41) is 14.8. The van der Waals surface area contributed by atoms with Crippen LogP contribution in [0.1, 0.15) is 6.92 Å². The maximum atomic E-state index is 10.7. The van der Waals surface area contributed by atoms with Crippen molar-refractivity contribution in [1.82, 2.24) is 9.88 Å². The summed E-state index contributed by atoms with van der Waals surface area (Å²) < 4.78 is 0. The third-order valence-electron chi connectivity index (χ3n) is 2.92. The SMILES string of the molecule is CC(CN(C)C)Nc1ccc2cc([N+](=O)[O-])ccc2n1. The Kier molecular flexibility index (Phi) is 4.14. The van der Waals surface area contributed by atoms with Crippen molar-refractivity contribution in [3.63, 3.8) is 0 Å². The minimum atomic E-state index is -0.398. The van der Waals surface area contributed by atoms with Crippen molar-refractivity contribution >= 4 is 22.4 Å². The van der Waals surface area contributed by atoms with Gasteiger partial charge in [0.15, 0.2) is 0 Å². The third kappa shape index (κ3) is 3.42. The lowest BCUT2D eigenvalue weighted by Gasteiger charge is -2.18. The number of nitro benzene ring substituents is 1. The molecule has 0 saturated carbocycles. The van der Waals surface area contributed by atoms with Gasteiger partial charge in [-0.2, -0.15) is 0 Å². The number of benzene rings is 1. The molecule has 0 aliphatic rings. The molecule has 106 valence electrons. The Hall–Kier alpha value is -2.21. The standard InChI is InChI=1S/C14H18N4O2/c1-10(9-17(2)3)15-14-7-4-11-8-12(18(19)20)5-6-13(11)16-14/h4-8,10H,9H2,1-3H3,(H,15,16). The first kappa shape index (κ1) is 14.2. The van der Waals surface area contributed by atoms with Crippen LogP contribution in [0, 0.1) is 10.1 Å². The first-order chi connectivity index (χ1) is 9.45. The van der Waals surface area contributed by atoms with Crippen molar-refractivity contribution in [2.45, 2.75) is 13.0 Å². The fraction of sp³-hybridized carbons (Fsp3) is 0.357. The van der Waals surface area contributed by atoms with E-state index in [0.29, 0.717) is 0 Å². The lowest BCUT2D eigenvalue weighted by Crippen LogP contribution is -2.29. The van der Waals surface area contributed by atoms with Gasteiger partial charge >= 0.3 is 0 Å². The van der Waals surface area contributed by atoms with Crippen LogP contribution in [0.15, 0.2) is 30.3 Å². The van der Waals surface area contributed by atoms with Crippen LogP contribution in [-0.4, -0.2) is 41.5 Å². The molecule has 1 N–H and O–H groups in total. The zero-order valence-corrected chi connectivity index (χ0v) is 11.8. The second-order valence-electron chi connectivity index (χ2n) is 5.14. The Bertz CT molecular complexity index is 628. The molecule has 20 heavy (non-hydrogen) atoms. The number of non-ortho nitro benzene ring substituents is 1. The highest BCUT2D eigenvalue weighted by molar-refractivity contribution is 5.82. The molecule has 0 saturated heterocycles. The Morgan fingerprint density at radius 1 is 1.35 bits per heavy atom. The number of nitro groups is 1. The van der Waals surface area contributed by atoms with Crippen LogP contribution in [0.5, 0.6) is 0 Å². The summed E-state index contributed by atoms with van der Waals surface area (Å²) in [5.74, 6) is 0.778. The second kappa shape index (κ2) is 5.83. The summed E-state index contributed by atoms with van der Waals surface area (Å²) in [5.41, 5.74) is 0.832. The van der Waals surface area contributed by atoms with E-state index in [9.17, 15) is 10.1 Å². The number of anilines is 1. The van der Waals surface area contributed by atoms with E-state index in [1.165, 1.54) is 12.1 Å². The summed E-state index contributed by atoms with van der Waals surface area (Å²) in [4.78, 5) is 16.9. The van der Waals surface area contributed by atoms with Gasteiger partial charge in [-0.05, 0) is 39.2 Å². The molecule has 1 aromatic carbocycles. The van der Waals surface area contributed by atoms with Crippen LogP contribution in [0.4, 0.5) is 11.5 Å². The number of nitrogens with one attached hydrogen (secondary N) is 1. The molecule has 6 heteroatoms. The maximum Gasteiger partial charge on any atom is 0.270 e. The topological polar surface area (TPSA) is 71.3 Å². The lowest BCUT2D eigenvalue weighted by molar-refractivity contribution is -0.384. The number of nitrogens with zero attached hydrogens (tertiary/aromatic N) is 3. The molecule has 0 spiro atoms. The summed E-state index contributed by atoms with van der Waals surface area (Å²) >= 11 is 0. The molecule has 0 bridgehead atoms. The minimum absolute atomic E-state index is 0.0842. The molecule has 2 rings (SSSR count). The summed E-state index contributed by atoms with van der Waals surface area (Å²) in [7, 11) is 4.04. The van der Waals surface area contributed by atoms with Crippen LogP contribution in [0.25, 0.3) is 10.9 Å². The highest BCUT2D eigenvalue weighted by Gasteiger charge is 2.08. The molecule has 0 aliphatic heterocycles. The Morgan fingerprint density at radius 2 is 2.10 bits per heavy atom. The van der Waals surface area contributed by atoms with Gasteiger partial charge in [0.2, 0.25) is 0 Å². The van der Waals surface area contributed by atoms with Crippen molar-refractivity contribution in [1.29, 1.82) is 0 Å². The predicted molar refractivity (Wildman–Crippen MR) is 80.0 cm³/mol. The summed E-state index contributed by atoms with van der Waals surface area (Å²) in [6.07, 6.45) is 0. The fourth-order valence-corrected chi connectivity index (χ4v) is 2.15. The van der Waals surface area contributed by atoms with Crippen molar-refractivity contribution in [2.75, 3.05) is 26.0 Å². The molecule has 0 aliphatic carbocycles. The number of hydrogen-bond acceptors (Lipinski definition) is 5. The number of fused-ring (bicyclic) bond motifs is 1. The number of aromatic nitrogens is 1. The van der Waals surface area contributed by atoms with Crippen molar-refractivity contribution in [3.8, 4) is 0 Å². The Labute approximate surface area is 117 Å². The van der Waals surface area contributed by atoms with Crippen molar-refractivity contribution in [2.24, 2.45) is 0 Å². The predicted octanol–water partition coefficient (Wildman–Crippen LogP) is 2.51. The van der Waals surface area contributed by atoms with Crippen LogP contribution in [0.2, 0.25) is 0 Å². The molecule has 1 unspecified atom stereocenters. The van der Waals surface area contributed by atoms with Crippen LogP contribution in [0.3, 0.4) is 0 Å². The quantitative estimate of drug-likeness (QED) is 0.670.